The lowest BCUT2D eigenvalue weighted by Crippen LogP contribution is -2.51. The van der Waals surface area contributed by atoms with Gasteiger partial charge in [0.25, 0.3) is 0 Å². The van der Waals surface area contributed by atoms with Crippen LogP contribution in [0.3, 0.4) is 0 Å². The van der Waals surface area contributed by atoms with Gasteiger partial charge in [0.1, 0.15) is 6.04 Å². The maximum absolute atomic E-state index is 14.0. The van der Waals surface area contributed by atoms with Crippen LogP contribution in [0, 0.1) is 36.5 Å². The van der Waals surface area contributed by atoms with E-state index in [1.54, 1.807) is 18.0 Å². The van der Waals surface area contributed by atoms with Crippen molar-refractivity contribution in [2.24, 2.45) is 29.6 Å². The SMILES string of the molecule is CCC[C@@H]1C=C[C@H]2[C@@H](C(=O)N([C@@H](CO)CC(C)C)[C@@H]2C(=O)Nc2c(C)cccc2Cl)[C@@H]1C(=O)NC. The normalized spacial score (nSPS) is 26.6. The number of carbonyl (C=O) groups is 3. The Hall–Kier alpha value is -2.38. The van der Waals surface area contributed by atoms with Gasteiger partial charge in [-0.15, -0.1) is 0 Å². The molecule has 3 amide bonds. The molecule has 0 bridgehead atoms. The van der Waals surface area contributed by atoms with Gasteiger partial charge < -0.3 is 20.6 Å². The Balaban J connectivity index is 2.08. The van der Waals surface area contributed by atoms with Crippen molar-refractivity contribution in [3.8, 4) is 0 Å². The molecule has 3 rings (SSSR count). The Bertz CT molecular complexity index is 959. The highest BCUT2D eigenvalue weighted by Crippen LogP contribution is 2.46. The zero-order valence-electron chi connectivity index (χ0n) is 21.3. The Morgan fingerprint density at radius 3 is 2.49 bits per heavy atom. The van der Waals surface area contributed by atoms with E-state index in [9.17, 15) is 19.5 Å². The van der Waals surface area contributed by atoms with Crippen LogP contribution >= 0.6 is 11.6 Å². The molecule has 3 N–H and O–H groups in total. The molecule has 1 heterocycles. The van der Waals surface area contributed by atoms with Gasteiger partial charge in [-0.25, -0.2) is 0 Å². The number of aryl methyl sites for hydroxylation is 1. The second-order valence-electron chi connectivity index (χ2n) is 10.2. The first-order chi connectivity index (χ1) is 16.7. The number of halogens is 1. The summed E-state index contributed by atoms with van der Waals surface area (Å²) >= 11 is 6.38. The quantitative estimate of drug-likeness (QED) is 0.446. The molecule has 0 radical (unpaired) electrons. The van der Waals surface area contributed by atoms with Crippen LogP contribution in [0.4, 0.5) is 5.69 Å². The molecule has 0 saturated carbocycles. The van der Waals surface area contributed by atoms with Crippen molar-refractivity contribution in [2.45, 2.75) is 59.0 Å². The molecular weight excluding hydrogens is 466 g/mol. The van der Waals surface area contributed by atoms with Crippen molar-refractivity contribution in [1.29, 1.82) is 0 Å². The molecule has 8 heteroatoms. The average Bonchev–Trinajstić information content (AvgIpc) is 3.11. The molecule has 1 fully saturated rings. The van der Waals surface area contributed by atoms with E-state index in [1.165, 1.54) is 0 Å². The van der Waals surface area contributed by atoms with Gasteiger partial charge in [0.2, 0.25) is 17.7 Å². The Kier molecular flexibility index (Phi) is 9.00. The second kappa shape index (κ2) is 11.6. The van der Waals surface area contributed by atoms with Crippen LogP contribution in [0.2, 0.25) is 5.02 Å². The first-order valence-corrected chi connectivity index (χ1v) is 12.9. The fourth-order valence-electron chi connectivity index (χ4n) is 5.78. The largest absolute Gasteiger partial charge is 0.394 e. The third-order valence-electron chi connectivity index (χ3n) is 7.30. The topological polar surface area (TPSA) is 98.7 Å². The van der Waals surface area contributed by atoms with Gasteiger partial charge in [-0.1, -0.05) is 63.1 Å². The number of nitrogens with zero attached hydrogens (tertiary/aromatic N) is 1. The van der Waals surface area contributed by atoms with Gasteiger partial charge in [-0.3, -0.25) is 14.4 Å². The fraction of sp³-hybridized carbons (Fsp3) is 0.593. The van der Waals surface area contributed by atoms with Crippen molar-refractivity contribution in [3.63, 3.8) is 0 Å². The molecule has 0 spiro atoms. The molecule has 2 aliphatic rings. The van der Waals surface area contributed by atoms with Gasteiger partial charge in [0.05, 0.1) is 35.2 Å². The highest BCUT2D eigenvalue weighted by Gasteiger charge is 2.58. The standard InChI is InChI=1S/C27H38ClN3O4/c1-6-8-17-11-12-19-22(21(17)25(33)29-5)27(35)31(18(14-32)13-15(2)3)24(19)26(34)30-23-16(4)9-7-10-20(23)28/h7,9-12,15,17-19,21-22,24,32H,6,8,13-14H2,1-5H3,(H,29,33)(H,30,34)/t17-,18-,19+,21-,22-,24+/m1/s1. The van der Waals surface area contributed by atoms with Gasteiger partial charge >= 0.3 is 0 Å². The summed E-state index contributed by atoms with van der Waals surface area (Å²) in [4.78, 5) is 42.4. The number of anilines is 1. The Labute approximate surface area is 213 Å². The van der Waals surface area contributed by atoms with Crippen LogP contribution in [-0.4, -0.2) is 53.5 Å². The monoisotopic (exact) mass is 503 g/mol. The summed E-state index contributed by atoms with van der Waals surface area (Å²) in [5, 5.41) is 16.4. The number of carbonyl (C=O) groups excluding carboxylic acids is 3. The summed E-state index contributed by atoms with van der Waals surface area (Å²) in [6.45, 7) is 7.68. The van der Waals surface area contributed by atoms with E-state index in [-0.39, 0.29) is 36.2 Å². The van der Waals surface area contributed by atoms with E-state index in [1.807, 2.05) is 45.1 Å². The smallest absolute Gasteiger partial charge is 0.247 e. The summed E-state index contributed by atoms with van der Waals surface area (Å²) in [6, 6.07) is 3.99. The molecular formula is C27H38ClN3O4. The number of likely N-dealkylation sites (tertiary alicyclic amines) is 1. The van der Waals surface area contributed by atoms with Crippen LogP contribution in [0.25, 0.3) is 0 Å². The number of hydrogen-bond donors (Lipinski definition) is 3. The Morgan fingerprint density at radius 1 is 1.20 bits per heavy atom. The average molecular weight is 504 g/mol. The number of fused-ring (bicyclic) bond motifs is 1. The van der Waals surface area contributed by atoms with Crippen molar-refractivity contribution < 1.29 is 19.5 Å². The van der Waals surface area contributed by atoms with Crippen LogP contribution in [0.1, 0.15) is 45.6 Å². The highest BCUT2D eigenvalue weighted by molar-refractivity contribution is 6.34. The van der Waals surface area contributed by atoms with Gasteiger partial charge in [0.15, 0.2) is 0 Å². The fourth-order valence-corrected chi connectivity index (χ4v) is 6.05. The molecule has 1 saturated heterocycles. The zero-order chi connectivity index (χ0) is 25.9. The van der Waals surface area contributed by atoms with Crippen LogP contribution in [0.5, 0.6) is 0 Å². The minimum Gasteiger partial charge on any atom is -0.394 e. The van der Waals surface area contributed by atoms with Gasteiger partial charge in [-0.05, 0) is 43.2 Å². The number of aliphatic hydroxyl groups excluding tert-OH is 1. The summed E-state index contributed by atoms with van der Waals surface area (Å²) in [5.41, 5.74) is 1.32. The lowest BCUT2D eigenvalue weighted by atomic mass is 9.68. The maximum atomic E-state index is 14.0. The molecule has 6 atom stereocenters. The van der Waals surface area contributed by atoms with E-state index in [2.05, 4.69) is 17.6 Å². The summed E-state index contributed by atoms with van der Waals surface area (Å²) in [7, 11) is 1.58. The molecule has 7 nitrogen and oxygen atoms in total. The highest BCUT2D eigenvalue weighted by atomic mass is 35.5. The summed E-state index contributed by atoms with van der Waals surface area (Å²) < 4.78 is 0. The molecule has 1 aromatic carbocycles. The van der Waals surface area contributed by atoms with E-state index < -0.39 is 29.8 Å². The van der Waals surface area contributed by atoms with E-state index in [0.29, 0.717) is 17.1 Å². The number of aliphatic hydroxyl groups is 1. The molecule has 0 unspecified atom stereocenters. The van der Waals surface area contributed by atoms with Crippen LogP contribution < -0.4 is 10.6 Å². The van der Waals surface area contributed by atoms with Crippen molar-refractivity contribution in [2.75, 3.05) is 19.0 Å². The minimum absolute atomic E-state index is 0.0858. The van der Waals surface area contributed by atoms with Gasteiger partial charge in [0, 0.05) is 13.0 Å². The number of para-hydroxylation sites is 1. The zero-order valence-corrected chi connectivity index (χ0v) is 22.0. The first kappa shape index (κ1) is 27.2. The molecule has 0 aromatic heterocycles. The third kappa shape index (κ3) is 5.41. The predicted molar refractivity (Wildman–Crippen MR) is 138 cm³/mol. The van der Waals surface area contributed by atoms with Crippen molar-refractivity contribution in [3.05, 3.63) is 40.9 Å². The molecule has 35 heavy (non-hydrogen) atoms. The first-order valence-electron chi connectivity index (χ1n) is 12.5. The van der Waals surface area contributed by atoms with E-state index in [4.69, 9.17) is 11.6 Å². The van der Waals surface area contributed by atoms with Crippen molar-refractivity contribution in [1.82, 2.24) is 10.2 Å². The number of amides is 3. The van der Waals surface area contributed by atoms with Crippen LogP contribution in [-0.2, 0) is 14.4 Å². The molecule has 1 aliphatic heterocycles. The lowest BCUT2D eigenvalue weighted by molar-refractivity contribution is -0.143. The minimum atomic E-state index is -0.856. The summed E-state index contributed by atoms with van der Waals surface area (Å²) in [6.07, 6.45) is 6.13. The van der Waals surface area contributed by atoms with E-state index in [0.717, 1.165) is 18.4 Å². The predicted octanol–water partition coefficient (Wildman–Crippen LogP) is 3.79. The van der Waals surface area contributed by atoms with Crippen molar-refractivity contribution >= 4 is 35.0 Å². The number of nitrogens with one attached hydrogen (secondary N) is 2. The summed E-state index contributed by atoms with van der Waals surface area (Å²) in [5.74, 6) is -2.40. The number of allylic oxidation sites excluding steroid dienone is 1. The van der Waals surface area contributed by atoms with Crippen LogP contribution in [0.15, 0.2) is 30.4 Å². The maximum Gasteiger partial charge on any atom is 0.247 e. The van der Waals surface area contributed by atoms with Gasteiger partial charge in [-0.2, -0.15) is 0 Å². The van der Waals surface area contributed by atoms with E-state index >= 15 is 0 Å². The molecule has 192 valence electrons. The Morgan fingerprint density at radius 2 is 1.91 bits per heavy atom. The molecule has 1 aliphatic carbocycles. The number of benzene rings is 1. The molecule has 1 aromatic rings. The lowest BCUT2D eigenvalue weighted by Gasteiger charge is -2.34. The second-order valence-corrected chi connectivity index (χ2v) is 10.6. The number of rotatable bonds is 9. The third-order valence-corrected chi connectivity index (χ3v) is 7.62. The number of hydrogen-bond acceptors (Lipinski definition) is 4.